The Morgan fingerprint density at radius 3 is 3.06 bits per heavy atom. The highest BCUT2D eigenvalue weighted by Gasteiger charge is 2.40. The highest BCUT2D eigenvalue weighted by atomic mass is 32.2. The molecule has 7 nitrogen and oxygen atoms in total. The highest BCUT2D eigenvalue weighted by molar-refractivity contribution is 8.00. The van der Waals surface area contributed by atoms with E-state index in [0.29, 0.717) is 17.9 Å². The van der Waals surface area contributed by atoms with E-state index in [2.05, 4.69) is 15.5 Å². The van der Waals surface area contributed by atoms with Crippen molar-refractivity contribution in [2.75, 3.05) is 11.1 Å². The largest absolute Gasteiger partial charge is 0.480 e. The average molecular weight is 270 g/mol. The maximum Gasteiger partial charge on any atom is 0.327 e. The lowest BCUT2D eigenvalue weighted by Gasteiger charge is -2.26. The number of anilines is 1. The summed E-state index contributed by atoms with van der Waals surface area (Å²) in [5.74, 6) is -0.548. The number of rotatable bonds is 3. The molecule has 2 heterocycles. The van der Waals surface area contributed by atoms with Crippen LogP contribution in [0.15, 0.2) is 12.4 Å². The monoisotopic (exact) mass is 270 g/mol. The second kappa shape index (κ2) is 5.30. The molecule has 1 aromatic heterocycles. The minimum Gasteiger partial charge on any atom is -0.480 e. The Hall–Kier alpha value is -1.70. The van der Waals surface area contributed by atoms with E-state index in [0.717, 1.165) is 0 Å². The first-order valence-corrected chi connectivity index (χ1v) is 6.61. The van der Waals surface area contributed by atoms with Crippen molar-refractivity contribution in [3.8, 4) is 0 Å². The predicted octanol–water partition coefficient (Wildman–Crippen LogP) is 1.18. The first-order valence-electron chi connectivity index (χ1n) is 5.56. The summed E-state index contributed by atoms with van der Waals surface area (Å²) in [6.45, 7) is 1.93. The summed E-state index contributed by atoms with van der Waals surface area (Å²) in [6.07, 6.45) is 3.73. The summed E-state index contributed by atoms with van der Waals surface area (Å²) in [6, 6.07) is -1.17. The first-order chi connectivity index (χ1) is 8.63. The minimum absolute atomic E-state index is 0.0991. The molecule has 2 rings (SSSR count). The lowest BCUT2D eigenvalue weighted by atomic mass is 10.3. The standard InChI is InChI=1S/C10H14N4O3S/c1-2-8-14(7(5-18-8)9(15)16)10(17)13-6-3-11-12-4-6/h3-4,7-8H,2,5H2,1H3,(H,11,12)(H,13,17)(H,15,16). The van der Waals surface area contributed by atoms with Crippen molar-refractivity contribution in [3.63, 3.8) is 0 Å². The third-order valence-corrected chi connectivity index (χ3v) is 4.16. The molecule has 1 aromatic rings. The number of urea groups is 1. The fraction of sp³-hybridized carbons (Fsp3) is 0.500. The molecular formula is C10H14N4O3S. The van der Waals surface area contributed by atoms with Crippen LogP contribution in [0.25, 0.3) is 0 Å². The van der Waals surface area contributed by atoms with Gasteiger partial charge in [0.1, 0.15) is 6.04 Å². The van der Waals surface area contributed by atoms with Crippen LogP contribution in [-0.4, -0.2) is 49.4 Å². The SMILES string of the molecule is CCC1SCC(C(=O)O)N1C(=O)Nc1cn[nH]c1. The van der Waals surface area contributed by atoms with Crippen LogP contribution in [-0.2, 0) is 4.79 Å². The van der Waals surface area contributed by atoms with Gasteiger partial charge >= 0.3 is 12.0 Å². The fourth-order valence-electron chi connectivity index (χ4n) is 1.85. The summed E-state index contributed by atoms with van der Waals surface area (Å²) < 4.78 is 0. The predicted molar refractivity (Wildman–Crippen MR) is 67.4 cm³/mol. The van der Waals surface area contributed by atoms with Crippen molar-refractivity contribution in [2.24, 2.45) is 0 Å². The summed E-state index contributed by atoms with van der Waals surface area (Å²) in [7, 11) is 0. The summed E-state index contributed by atoms with van der Waals surface area (Å²) >= 11 is 1.49. The molecule has 1 fully saturated rings. The molecule has 1 aliphatic rings. The van der Waals surface area contributed by atoms with Gasteiger partial charge in [-0.3, -0.25) is 10.00 Å². The minimum atomic E-state index is -0.971. The van der Waals surface area contributed by atoms with Gasteiger partial charge in [0, 0.05) is 11.9 Å². The molecule has 98 valence electrons. The lowest BCUT2D eigenvalue weighted by molar-refractivity contribution is -0.141. The van der Waals surface area contributed by atoms with Gasteiger partial charge in [-0.2, -0.15) is 5.10 Å². The van der Waals surface area contributed by atoms with Gasteiger partial charge < -0.3 is 10.4 Å². The summed E-state index contributed by atoms with van der Waals surface area (Å²) in [4.78, 5) is 24.6. The van der Waals surface area contributed by atoms with Crippen LogP contribution in [0, 0.1) is 0 Å². The molecule has 0 saturated carbocycles. The van der Waals surface area contributed by atoms with E-state index >= 15 is 0 Å². The van der Waals surface area contributed by atoms with E-state index in [4.69, 9.17) is 5.11 Å². The smallest absolute Gasteiger partial charge is 0.327 e. The molecule has 2 unspecified atom stereocenters. The van der Waals surface area contributed by atoms with E-state index in [1.165, 1.54) is 29.1 Å². The molecule has 1 saturated heterocycles. The average Bonchev–Trinajstić information content (AvgIpc) is 2.95. The number of carboxylic acid groups (broad SMARTS) is 1. The number of aromatic amines is 1. The molecule has 0 bridgehead atoms. The van der Waals surface area contributed by atoms with Crippen LogP contribution in [0.3, 0.4) is 0 Å². The zero-order valence-electron chi connectivity index (χ0n) is 9.79. The van der Waals surface area contributed by atoms with E-state index in [9.17, 15) is 9.59 Å². The van der Waals surface area contributed by atoms with Gasteiger partial charge in [-0.15, -0.1) is 11.8 Å². The van der Waals surface area contributed by atoms with E-state index < -0.39 is 18.0 Å². The number of aromatic nitrogens is 2. The second-order valence-corrected chi connectivity index (χ2v) is 5.09. The molecule has 0 spiro atoms. The van der Waals surface area contributed by atoms with Crippen LogP contribution in [0.1, 0.15) is 13.3 Å². The molecule has 18 heavy (non-hydrogen) atoms. The number of H-pyrrole nitrogens is 1. The van der Waals surface area contributed by atoms with Gasteiger partial charge in [0.25, 0.3) is 0 Å². The van der Waals surface area contributed by atoms with Crippen LogP contribution in [0.5, 0.6) is 0 Å². The van der Waals surface area contributed by atoms with Crippen LogP contribution < -0.4 is 5.32 Å². The van der Waals surface area contributed by atoms with Crippen LogP contribution in [0.4, 0.5) is 10.5 Å². The van der Waals surface area contributed by atoms with Gasteiger partial charge in [-0.05, 0) is 6.42 Å². The maximum atomic E-state index is 12.1. The van der Waals surface area contributed by atoms with Crippen molar-refractivity contribution in [1.82, 2.24) is 15.1 Å². The maximum absolute atomic E-state index is 12.1. The molecule has 2 amide bonds. The zero-order valence-corrected chi connectivity index (χ0v) is 10.6. The number of carbonyl (C=O) groups excluding carboxylic acids is 1. The van der Waals surface area contributed by atoms with Crippen molar-refractivity contribution in [3.05, 3.63) is 12.4 Å². The lowest BCUT2D eigenvalue weighted by Crippen LogP contribution is -2.47. The van der Waals surface area contributed by atoms with Crippen LogP contribution in [0.2, 0.25) is 0 Å². The van der Waals surface area contributed by atoms with Gasteiger partial charge in [-0.1, -0.05) is 6.92 Å². The summed E-state index contributed by atoms with van der Waals surface area (Å²) in [5.41, 5.74) is 0.524. The first kappa shape index (κ1) is 12.7. The van der Waals surface area contributed by atoms with Crippen molar-refractivity contribution < 1.29 is 14.7 Å². The number of carbonyl (C=O) groups is 2. The van der Waals surface area contributed by atoms with Gasteiger partial charge in [0.2, 0.25) is 0 Å². The molecule has 0 radical (unpaired) electrons. The molecule has 0 aromatic carbocycles. The number of hydrogen-bond donors (Lipinski definition) is 3. The number of aliphatic carboxylic acids is 1. The number of carboxylic acids is 1. The Morgan fingerprint density at radius 2 is 2.50 bits per heavy atom. The number of thioether (sulfide) groups is 1. The van der Waals surface area contributed by atoms with Crippen molar-refractivity contribution >= 4 is 29.4 Å². The number of hydrogen-bond acceptors (Lipinski definition) is 4. The molecular weight excluding hydrogens is 256 g/mol. The van der Waals surface area contributed by atoms with Crippen molar-refractivity contribution in [1.29, 1.82) is 0 Å². The Kier molecular flexibility index (Phi) is 3.75. The summed E-state index contributed by atoms with van der Waals surface area (Å²) in [5, 5.41) is 17.9. The van der Waals surface area contributed by atoms with Crippen LogP contribution >= 0.6 is 11.8 Å². The van der Waals surface area contributed by atoms with Crippen molar-refractivity contribution in [2.45, 2.75) is 24.8 Å². The third kappa shape index (κ3) is 2.42. The molecule has 2 atom stereocenters. The molecule has 8 heteroatoms. The Labute approximate surface area is 108 Å². The Balaban J connectivity index is 2.11. The number of amides is 2. The molecule has 1 aliphatic heterocycles. The van der Waals surface area contributed by atoms with Gasteiger partial charge in [0.05, 0.1) is 17.3 Å². The second-order valence-electron chi connectivity index (χ2n) is 3.87. The van der Waals surface area contributed by atoms with E-state index in [-0.39, 0.29) is 5.37 Å². The third-order valence-electron chi connectivity index (χ3n) is 2.71. The quantitative estimate of drug-likeness (QED) is 0.766. The number of nitrogens with one attached hydrogen (secondary N) is 2. The topological polar surface area (TPSA) is 98.3 Å². The Morgan fingerprint density at radius 1 is 1.72 bits per heavy atom. The van der Waals surface area contributed by atoms with E-state index in [1.54, 1.807) is 0 Å². The normalized spacial score (nSPS) is 23.1. The fourth-order valence-corrected chi connectivity index (χ4v) is 3.19. The zero-order chi connectivity index (χ0) is 13.1. The number of nitrogens with zero attached hydrogens (tertiary/aromatic N) is 2. The molecule has 3 N–H and O–H groups in total. The van der Waals surface area contributed by atoms with E-state index in [1.807, 2.05) is 6.92 Å². The Bertz CT molecular complexity index is 436. The highest BCUT2D eigenvalue weighted by Crippen LogP contribution is 2.31. The molecule has 0 aliphatic carbocycles. The van der Waals surface area contributed by atoms with Gasteiger partial charge in [-0.25, -0.2) is 9.59 Å². The van der Waals surface area contributed by atoms with Gasteiger partial charge in [0.15, 0.2) is 0 Å².